The number of hydrogen-bond acceptors (Lipinski definition) is 5. The van der Waals surface area contributed by atoms with Gasteiger partial charge in [0.2, 0.25) is 5.88 Å². The standard InChI is InChI=1S/C14H18N4O3/c1-4-5-9-6-10(16-13(19)15-9)7-11-8-12(20-2)18-14(17-11)21-3/h4,7-9H,1,5-6H2,2-3H3,(H2,15,16,19)/b10-7-/t9-/m0/s1. The number of carbonyl (C=O) groups excluding carboxylic acids is 1. The highest BCUT2D eigenvalue weighted by Crippen LogP contribution is 2.18. The lowest BCUT2D eigenvalue weighted by Crippen LogP contribution is -2.47. The van der Waals surface area contributed by atoms with Gasteiger partial charge in [-0.25, -0.2) is 4.79 Å². The van der Waals surface area contributed by atoms with Crippen molar-refractivity contribution in [3.05, 3.63) is 30.1 Å². The van der Waals surface area contributed by atoms with Crippen LogP contribution in [-0.2, 0) is 0 Å². The van der Waals surface area contributed by atoms with Gasteiger partial charge in [-0.15, -0.1) is 6.58 Å². The molecule has 0 spiro atoms. The number of amides is 2. The van der Waals surface area contributed by atoms with Crippen LogP contribution in [0.1, 0.15) is 18.5 Å². The molecule has 1 aliphatic heterocycles. The quantitative estimate of drug-likeness (QED) is 0.802. The first-order chi connectivity index (χ1) is 10.1. The van der Waals surface area contributed by atoms with Gasteiger partial charge < -0.3 is 20.1 Å². The molecule has 7 heteroatoms. The summed E-state index contributed by atoms with van der Waals surface area (Å²) in [5.41, 5.74) is 1.38. The van der Waals surface area contributed by atoms with Crippen LogP contribution in [0.2, 0.25) is 0 Å². The van der Waals surface area contributed by atoms with Crippen LogP contribution in [0.5, 0.6) is 11.9 Å². The SMILES string of the molecule is C=CC[C@H]1C/C(=C/c2cc(OC)nc(OC)n2)NC(=O)N1. The lowest BCUT2D eigenvalue weighted by atomic mass is 10.1. The van der Waals surface area contributed by atoms with Crippen LogP contribution in [0, 0.1) is 0 Å². The number of methoxy groups -OCH3 is 2. The van der Waals surface area contributed by atoms with Crippen molar-refractivity contribution in [3.8, 4) is 11.9 Å². The summed E-state index contributed by atoms with van der Waals surface area (Å²) >= 11 is 0. The van der Waals surface area contributed by atoms with E-state index < -0.39 is 0 Å². The highest BCUT2D eigenvalue weighted by Gasteiger charge is 2.20. The third-order valence-corrected chi connectivity index (χ3v) is 2.94. The second-order valence-corrected chi connectivity index (χ2v) is 4.52. The summed E-state index contributed by atoms with van der Waals surface area (Å²) in [4.78, 5) is 19.8. The molecule has 1 aliphatic rings. The van der Waals surface area contributed by atoms with Gasteiger partial charge in [-0.2, -0.15) is 9.97 Å². The van der Waals surface area contributed by atoms with Crippen molar-refractivity contribution in [3.63, 3.8) is 0 Å². The number of carbonyl (C=O) groups is 1. The zero-order valence-electron chi connectivity index (χ0n) is 12.0. The molecule has 1 saturated heterocycles. The molecule has 21 heavy (non-hydrogen) atoms. The van der Waals surface area contributed by atoms with Crippen LogP contribution in [0.25, 0.3) is 6.08 Å². The van der Waals surface area contributed by atoms with Crippen molar-refractivity contribution >= 4 is 12.1 Å². The van der Waals surface area contributed by atoms with Crippen molar-refractivity contribution in [2.45, 2.75) is 18.9 Å². The number of ether oxygens (including phenoxy) is 2. The third-order valence-electron chi connectivity index (χ3n) is 2.94. The zero-order chi connectivity index (χ0) is 15.2. The fourth-order valence-corrected chi connectivity index (χ4v) is 2.04. The molecule has 1 aromatic heterocycles. The predicted molar refractivity (Wildman–Crippen MR) is 78.0 cm³/mol. The van der Waals surface area contributed by atoms with Gasteiger partial charge >= 0.3 is 12.0 Å². The summed E-state index contributed by atoms with van der Waals surface area (Å²) in [5.74, 6) is 0.400. The molecular formula is C14H18N4O3. The second kappa shape index (κ2) is 6.74. The smallest absolute Gasteiger partial charge is 0.319 e. The first-order valence-corrected chi connectivity index (χ1v) is 6.50. The van der Waals surface area contributed by atoms with Gasteiger partial charge in [0.1, 0.15) is 0 Å². The van der Waals surface area contributed by atoms with E-state index in [1.165, 1.54) is 14.2 Å². The van der Waals surface area contributed by atoms with Gasteiger partial charge in [-0.3, -0.25) is 0 Å². The highest BCUT2D eigenvalue weighted by molar-refractivity contribution is 5.79. The van der Waals surface area contributed by atoms with E-state index in [1.54, 1.807) is 18.2 Å². The van der Waals surface area contributed by atoms with Gasteiger partial charge in [-0.1, -0.05) is 6.08 Å². The predicted octanol–water partition coefficient (Wildman–Crippen LogP) is 1.48. The van der Waals surface area contributed by atoms with Gasteiger partial charge in [-0.05, 0) is 12.5 Å². The van der Waals surface area contributed by atoms with Crippen LogP contribution >= 0.6 is 0 Å². The Labute approximate surface area is 123 Å². The molecule has 2 N–H and O–H groups in total. The van der Waals surface area contributed by atoms with Crippen LogP contribution in [-0.4, -0.2) is 36.3 Å². The summed E-state index contributed by atoms with van der Waals surface area (Å²) in [6, 6.07) is 1.69. The Morgan fingerprint density at radius 3 is 2.90 bits per heavy atom. The van der Waals surface area contributed by atoms with E-state index in [2.05, 4.69) is 27.2 Å². The Morgan fingerprint density at radius 1 is 1.43 bits per heavy atom. The molecule has 1 aromatic rings. The summed E-state index contributed by atoms with van der Waals surface area (Å²) < 4.78 is 10.1. The number of hydrogen-bond donors (Lipinski definition) is 2. The van der Waals surface area contributed by atoms with E-state index in [0.29, 0.717) is 24.4 Å². The Hall–Kier alpha value is -2.57. The first-order valence-electron chi connectivity index (χ1n) is 6.50. The normalized spacial score (nSPS) is 19.6. The van der Waals surface area contributed by atoms with Gasteiger partial charge in [0, 0.05) is 24.2 Å². The molecule has 0 radical (unpaired) electrons. The lowest BCUT2D eigenvalue weighted by molar-refractivity contribution is 0.234. The number of aromatic nitrogens is 2. The minimum Gasteiger partial charge on any atom is -0.481 e. The van der Waals surface area contributed by atoms with E-state index in [-0.39, 0.29) is 18.1 Å². The maximum atomic E-state index is 11.6. The van der Waals surface area contributed by atoms with Gasteiger partial charge in [0.15, 0.2) is 0 Å². The summed E-state index contributed by atoms with van der Waals surface area (Å²) in [7, 11) is 3.00. The molecule has 1 fully saturated rings. The molecule has 0 aromatic carbocycles. The van der Waals surface area contributed by atoms with Gasteiger partial charge in [0.25, 0.3) is 0 Å². The van der Waals surface area contributed by atoms with Crippen molar-refractivity contribution in [1.82, 2.24) is 20.6 Å². The number of rotatable bonds is 5. The average molecular weight is 290 g/mol. The Kier molecular flexibility index (Phi) is 4.76. The van der Waals surface area contributed by atoms with E-state index in [0.717, 1.165) is 5.70 Å². The highest BCUT2D eigenvalue weighted by atomic mass is 16.5. The fraction of sp³-hybridized carbons (Fsp3) is 0.357. The fourth-order valence-electron chi connectivity index (χ4n) is 2.04. The molecule has 0 unspecified atom stereocenters. The maximum Gasteiger partial charge on any atom is 0.319 e. The largest absolute Gasteiger partial charge is 0.481 e. The summed E-state index contributed by atoms with van der Waals surface area (Å²) in [5, 5.41) is 5.60. The minimum atomic E-state index is -0.229. The zero-order valence-corrected chi connectivity index (χ0v) is 12.0. The molecule has 1 atom stereocenters. The number of nitrogens with zero attached hydrogens (tertiary/aromatic N) is 2. The van der Waals surface area contributed by atoms with Gasteiger partial charge in [0.05, 0.1) is 19.9 Å². The Morgan fingerprint density at radius 2 is 2.24 bits per heavy atom. The topological polar surface area (TPSA) is 85.4 Å². The molecule has 7 nitrogen and oxygen atoms in total. The Bertz CT molecular complexity index is 549. The van der Waals surface area contributed by atoms with E-state index in [1.807, 2.05) is 0 Å². The van der Waals surface area contributed by atoms with Crippen molar-refractivity contribution in [2.24, 2.45) is 0 Å². The average Bonchev–Trinajstić information content (AvgIpc) is 2.46. The first kappa shape index (κ1) is 14.8. The number of nitrogens with one attached hydrogen (secondary N) is 2. The van der Waals surface area contributed by atoms with Crippen LogP contribution in [0.4, 0.5) is 4.79 Å². The van der Waals surface area contributed by atoms with E-state index in [4.69, 9.17) is 9.47 Å². The van der Waals surface area contributed by atoms with E-state index in [9.17, 15) is 4.79 Å². The maximum absolute atomic E-state index is 11.6. The summed E-state index contributed by atoms with van der Waals surface area (Å²) in [6.45, 7) is 3.69. The third kappa shape index (κ3) is 3.95. The van der Waals surface area contributed by atoms with Crippen molar-refractivity contribution < 1.29 is 14.3 Å². The molecule has 0 bridgehead atoms. The van der Waals surface area contributed by atoms with E-state index >= 15 is 0 Å². The second-order valence-electron chi connectivity index (χ2n) is 4.52. The molecule has 0 saturated carbocycles. The monoisotopic (exact) mass is 290 g/mol. The molecule has 112 valence electrons. The van der Waals surface area contributed by atoms with Crippen LogP contribution in [0.15, 0.2) is 24.4 Å². The van der Waals surface area contributed by atoms with Crippen LogP contribution in [0.3, 0.4) is 0 Å². The molecular weight excluding hydrogens is 272 g/mol. The van der Waals surface area contributed by atoms with Crippen molar-refractivity contribution in [1.29, 1.82) is 0 Å². The summed E-state index contributed by atoms with van der Waals surface area (Å²) in [6.07, 6.45) is 4.94. The number of urea groups is 1. The molecule has 2 rings (SSSR count). The van der Waals surface area contributed by atoms with Crippen LogP contribution < -0.4 is 20.1 Å². The minimum absolute atomic E-state index is 0.0353. The molecule has 2 amide bonds. The molecule has 2 heterocycles. The Balaban J connectivity index is 2.25. The molecule has 0 aliphatic carbocycles. The lowest BCUT2D eigenvalue weighted by Gasteiger charge is -2.25. The van der Waals surface area contributed by atoms with Crippen molar-refractivity contribution in [2.75, 3.05) is 14.2 Å².